The second kappa shape index (κ2) is 7.29. The van der Waals surface area contributed by atoms with Gasteiger partial charge in [-0.3, -0.25) is 0 Å². The second-order valence-electron chi connectivity index (χ2n) is 5.00. The number of allylic oxidation sites excluding steroid dienone is 1. The third-order valence-electron chi connectivity index (χ3n) is 2.73. The average molecular weight is 231 g/mol. The Hall–Kier alpha value is -1.08. The normalized spacial score (nSPS) is 12.2. The fraction of sp³-hybridized carbons (Fsp3) is 0.500. The maximum atomic E-state index is 3.59. The standard InChI is InChI=1S/C16H25N/c1-5-9-17-16(10-13(2)3)12-15-8-6-7-14(4)11-15/h6-8,10-11,16-17H,5,9,12H2,1-4H3. The van der Waals surface area contributed by atoms with Crippen LogP contribution in [0.25, 0.3) is 0 Å². The topological polar surface area (TPSA) is 12.0 Å². The Morgan fingerprint density at radius 3 is 2.71 bits per heavy atom. The number of rotatable bonds is 6. The van der Waals surface area contributed by atoms with Crippen molar-refractivity contribution in [3.05, 3.63) is 47.0 Å². The molecule has 0 aliphatic rings. The molecule has 1 heteroatoms. The quantitative estimate of drug-likeness (QED) is 0.733. The van der Waals surface area contributed by atoms with Crippen LogP contribution in [0, 0.1) is 6.92 Å². The molecule has 0 saturated carbocycles. The molecule has 1 N–H and O–H groups in total. The van der Waals surface area contributed by atoms with Gasteiger partial charge in [-0.1, -0.05) is 48.4 Å². The molecule has 0 amide bonds. The van der Waals surface area contributed by atoms with E-state index in [1.807, 2.05) is 0 Å². The minimum atomic E-state index is 0.460. The lowest BCUT2D eigenvalue weighted by Gasteiger charge is -2.16. The van der Waals surface area contributed by atoms with Gasteiger partial charge in [-0.05, 0) is 45.7 Å². The molecule has 0 aliphatic heterocycles. The van der Waals surface area contributed by atoms with Gasteiger partial charge in [-0.15, -0.1) is 0 Å². The van der Waals surface area contributed by atoms with Crippen LogP contribution in [-0.4, -0.2) is 12.6 Å². The number of hydrogen-bond acceptors (Lipinski definition) is 1. The lowest BCUT2D eigenvalue weighted by molar-refractivity contribution is 0.582. The smallest absolute Gasteiger partial charge is 0.0292 e. The summed E-state index contributed by atoms with van der Waals surface area (Å²) in [6.45, 7) is 9.77. The zero-order valence-corrected chi connectivity index (χ0v) is 11.6. The fourth-order valence-electron chi connectivity index (χ4n) is 2.02. The molecule has 0 aliphatic carbocycles. The molecule has 1 aromatic rings. The highest BCUT2D eigenvalue weighted by atomic mass is 14.9. The summed E-state index contributed by atoms with van der Waals surface area (Å²) in [6, 6.07) is 9.25. The zero-order chi connectivity index (χ0) is 12.7. The lowest BCUT2D eigenvalue weighted by atomic mass is 10.0. The Morgan fingerprint density at radius 1 is 1.35 bits per heavy atom. The lowest BCUT2D eigenvalue weighted by Crippen LogP contribution is -2.30. The predicted molar refractivity (Wildman–Crippen MR) is 76.4 cm³/mol. The van der Waals surface area contributed by atoms with Gasteiger partial charge < -0.3 is 5.32 Å². The SMILES string of the molecule is CCCNC(C=C(C)C)Cc1cccc(C)c1. The van der Waals surface area contributed by atoms with Crippen molar-refractivity contribution < 1.29 is 0 Å². The first-order chi connectivity index (χ1) is 8.11. The molecular weight excluding hydrogens is 206 g/mol. The molecule has 1 atom stereocenters. The van der Waals surface area contributed by atoms with Gasteiger partial charge in [0.25, 0.3) is 0 Å². The van der Waals surface area contributed by atoms with Gasteiger partial charge in [0.2, 0.25) is 0 Å². The highest BCUT2D eigenvalue weighted by Crippen LogP contribution is 2.09. The molecule has 0 heterocycles. The molecule has 1 rings (SSSR count). The van der Waals surface area contributed by atoms with Crippen molar-refractivity contribution in [3.63, 3.8) is 0 Å². The Bertz CT molecular complexity index is 362. The summed E-state index contributed by atoms with van der Waals surface area (Å²) >= 11 is 0. The van der Waals surface area contributed by atoms with Crippen molar-refractivity contribution in [2.75, 3.05) is 6.54 Å². The molecule has 0 aromatic heterocycles. The largest absolute Gasteiger partial charge is 0.310 e. The van der Waals surface area contributed by atoms with Crippen LogP contribution in [0.3, 0.4) is 0 Å². The van der Waals surface area contributed by atoms with Crippen molar-refractivity contribution in [2.24, 2.45) is 0 Å². The molecule has 1 aromatic carbocycles. The second-order valence-corrected chi connectivity index (χ2v) is 5.00. The van der Waals surface area contributed by atoms with Gasteiger partial charge in [0.1, 0.15) is 0 Å². The third-order valence-corrected chi connectivity index (χ3v) is 2.73. The molecule has 1 unspecified atom stereocenters. The minimum absolute atomic E-state index is 0.460. The van der Waals surface area contributed by atoms with E-state index in [0.717, 1.165) is 13.0 Å². The molecule has 17 heavy (non-hydrogen) atoms. The first-order valence-corrected chi connectivity index (χ1v) is 6.55. The van der Waals surface area contributed by atoms with E-state index in [1.165, 1.54) is 23.1 Å². The molecule has 94 valence electrons. The first-order valence-electron chi connectivity index (χ1n) is 6.55. The van der Waals surface area contributed by atoms with Crippen LogP contribution in [0.2, 0.25) is 0 Å². The van der Waals surface area contributed by atoms with Crippen LogP contribution in [0.15, 0.2) is 35.9 Å². The van der Waals surface area contributed by atoms with E-state index in [0.29, 0.717) is 6.04 Å². The van der Waals surface area contributed by atoms with E-state index in [-0.39, 0.29) is 0 Å². The van der Waals surface area contributed by atoms with E-state index in [4.69, 9.17) is 0 Å². The van der Waals surface area contributed by atoms with E-state index in [9.17, 15) is 0 Å². The van der Waals surface area contributed by atoms with Crippen LogP contribution in [-0.2, 0) is 6.42 Å². The van der Waals surface area contributed by atoms with Crippen LogP contribution in [0.4, 0.5) is 0 Å². The number of benzene rings is 1. The zero-order valence-electron chi connectivity index (χ0n) is 11.6. The van der Waals surface area contributed by atoms with Crippen LogP contribution in [0.5, 0.6) is 0 Å². The molecule has 0 saturated heterocycles. The Kier molecular flexibility index (Phi) is 5.99. The van der Waals surface area contributed by atoms with Crippen LogP contribution in [0.1, 0.15) is 38.3 Å². The van der Waals surface area contributed by atoms with Gasteiger partial charge >= 0.3 is 0 Å². The van der Waals surface area contributed by atoms with Crippen molar-refractivity contribution in [2.45, 2.75) is 46.6 Å². The summed E-state index contributed by atoms with van der Waals surface area (Å²) in [5.74, 6) is 0. The first kappa shape index (κ1) is 14.0. The van der Waals surface area contributed by atoms with E-state index >= 15 is 0 Å². The third kappa shape index (κ3) is 5.69. The van der Waals surface area contributed by atoms with Crippen LogP contribution >= 0.6 is 0 Å². The minimum Gasteiger partial charge on any atom is -0.310 e. The van der Waals surface area contributed by atoms with Crippen molar-refractivity contribution in [3.8, 4) is 0 Å². The van der Waals surface area contributed by atoms with Gasteiger partial charge in [0.15, 0.2) is 0 Å². The summed E-state index contributed by atoms with van der Waals surface area (Å²) in [4.78, 5) is 0. The predicted octanol–water partition coefficient (Wildman–Crippen LogP) is 3.87. The Morgan fingerprint density at radius 2 is 2.12 bits per heavy atom. The van der Waals surface area contributed by atoms with Gasteiger partial charge in [-0.2, -0.15) is 0 Å². The average Bonchev–Trinajstić information content (AvgIpc) is 2.25. The number of nitrogens with one attached hydrogen (secondary N) is 1. The van der Waals surface area contributed by atoms with Gasteiger partial charge in [-0.25, -0.2) is 0 Å². The molecule has 0 radical (unpaired) electrons. The summed E-state index contributed by atoms with van der Waals surface area (Å²) in [5, 5.41) is 3.59. The molecule has 0 bridgehead atoms. The summed E-state index contributed by atoms with van der Waals surface area (Å²) in [5.41, 5.74) is 4.14. The van der Waals surface area contributed by atoms with Crippen molar-refractivity contribution >= 4 is 0 Å². The highest BCUT2D eigenvalue weighted by Gasteiger charge is 2.05. The van der Waals surface area contributed by atoms with E-state index < -0.39 is 0 Å². The molecule has 0 fully saturated rings. The van der Waals surface area contributed by atoms with E-state index in [2.05, 4.69) is 63.4 Å². The molecule has 1 nitrogen and oxygen atoms in total. The van der Waals surface area contributed by atoms with Gasteiger partial charge in [0, 0.05) is 6.04 Å². The Labute approximate surface area is 106 Å². The van der Waals surface area contributed by atoms with Crippen molar-refractivity contribution in [1.82, 2.24) is 5.32 Å². The monoisotopic (exact) mass is 231 g/mol. The van der Waals surface area contributed by atoms with Crippen LogP contribution < -0.4 is 5.32 Å². The highest BCUT2D eigenvalue weighted by molar-refractivity contribution is 5.24. The maximum Gasteiger partial charge on any atom is 0.0292 e. The number of hydrogen-bond donors (Lipinski definition) is 1. The van der Waals surface area contributed by atoms with Crippen molar-refractivity contribution in [1.29, 1.82) is 0 Å². The molecular formula is C16H25N. The Balaban J connectivity index is 2.68. The van der Waals surface area contributed by atoms with E-state index in [1.54, 1.807) is 0 Å². The molecule has 0 spiro atoms. The number of aryl methyl sites for hydroxylation is 1. The summed E-state index contributed by atoms with van der Waals surface area (Å²) in [6.07, 6.45) is 4.59. The fourth-order valence-corrected chi connectivity index (χ4v) is 2.02. The summed E-state index contributed by atoms with van der Waals surface area (Å²) in [7, 11) is 0. The summed E-state index contributed by atoms with van der Waals surface area (Å²) < 4.78 is 0. The van der Waals surface area contributed by atoms with Gasteiger partial charge in [0.05, 0.1) is 0 Å². The maximum absolute atomic E-state index is 3.59.